The fraction of sp³-hybridized carbons (Fsp3) is 0.364. The van der Waals surface area contributed by atoms with Crippen molar-refractivity contribution in [2.45, 2.75) is 6.92 Å². The molecule has 10 nitrogen and oxygen atoms in total. The van der Waals surface area contributed by atoms with Crippen LogP contribution in [0.1, 0.15) is 6.92 Å². The molecule has 3 heterocycles. The van der Waals surface area contributed by atoms with Gasteiger partial charge in [-0.3, -0.25) is 10.2 Å². The zero-order chi connectivity index (χ0) is 22.2. The number of hydrogen-bond donors (Lipinski definition) is 3. The number of aromatic nitrogens is 3. The Balaban J connectivity index is 1.38. The summed E-state index contributed by atoms with van der Waals surface area (Å²) >= 11 is 0. The van der Waals surface area contributed by atoms with Gasteiger partial charge in [0.2, 0.25) is 0 Å². The highest BCUT2D eigenvalue weighted by molar-refractivity contribution is 5.89. The molecule has 0 aliphatic carbocycles. The maximum Gasteiger partial charge on any atom is 0.320 e. The van der Waals surface area contributed by atoms with Crippen LogP contribution in [0.3, 0.4) is 0 Å². The Morgan fingerprint density at radius 3 is 2.84 bits per heavy atom. The van der Waals surface area contributed by atoms with E-state index < -0.39 is 0 Å². The first-order valence-corrected chi connectivity index (χ1v) is 10.7. The van der Waals surface area contributed by atoms with Crippen LogP contribution in [0.4, 0.5) is 22.1 Å². The number of anilines is 3. The topological polar surface area (TPSA) is 114 Å². The largest absolute Gasteiger partial charge is 0.492 e. The molecular weight excluding hydrogens is 410 g/mol. The lowest BCUT2D eigenvalue weighted by molar-refractivity contribution is 0.0322. The molecule has 1 aromatic carbocycles. The first-order chi connectivity index (χ1) is 15.7. The van der Waals surface area contributed by atoms with Gasteiger partial charge in [0.25, 0.3) is 0 Å². The second-order valence-corrected chi connectivity index (χ2v) is 7.23. The van der Waals surface area contributed by atoms with Crippen molar-refractivity contribution in [2.75, 3.05) is 56.6 Å². The second-order valence-electron chi connectivity index (χ2n) is 7.23. The molecule has 0 bridgehead atoms. The molecule has 10 heteroatoms. The molecule has 168 valence electrons. The Labute approximate surface area is 186 Å². The molecule has 3 N–H and O–H groups in total. The third-order valence-corrected chi connectivity index (χ3v) is 4.87. The molecule has 2 amide bonds. The van der Waals surface area contributed by atoms with Gasteiger partial charge in [0.1, 0.15) is 23.7 Å². The van der Waals surface area contributed by atoms with Crippen molar-refractivity contribution >= 4 is 34.5 Å². The second kappa shape index (κ2) is 10.7. The predicted octanol–water partition coefficient (Wildman–Crippen LogP) is 2.62. The van der Waals surface area contributed by atoms with Crippen LogP contribution in [0.15, 0.2) is 42.6 Å². The minimum absolute atomic E-state index is 0.313. The molecular formula is C22H27N7O3. The maximum atomic E-state index is 11.7. The van der Waals surface area contributed by atoms with Gasteiger partial charge in [0.15, 0.2) is 11.5 Å². The molecule has 0 saturated carbocycles. The number of pyridine rings is 1. The summed E-state index contributed by atoms with van der Waals surface area (Å²) < 4.78 is 11.3. The van der Waals surface area contributed by atoms with Crippen LogP contribution in [-0.4, -0.2) is 71.9 Å². The number of ether oxygens (including phenoxy) is 2. The van der Waals surface area contributed by atoms with Crippen molar-refractivity contribution in [3.8, 4) is 5.75 Å². The van der Waals surface area contributed by atoms with Crippen LogP contribution in [0, 0.1) is 0 Å². The number of morpholine rings is 1. The number of carbonyl (C=O) groups excluding carboxylic acids is 1. The third kappa shape index (κ3) is 6.02. The molecule has 1 aliphatic rings. The number of fused-ring (bicyclic) bond motifs is 1. The number of nitrogens with one attached hydrogen (secondary N) is 3. The number of amides is 2. The summed E-state index contributed by atoms with van der Waals surface area (Å²) in [7, 11) is 0. The summed E-state index contributed by atoms with van der Waals surface area (Å²) in [5, 5.41) is 8.58. The van der Waals surface area contributed by atoms with Gasteiger partial charge in [-0.1, -0.05) is 6.07 Å². The average Bonchev–Trinajstić information content (AvgIpc) is 2.80. The van der Waals surface area contributed by atoms with Gasteiger partial charge in [-0.25, -0.2) is 19.7 Å². The standard InChI is InChI=1S/C22H27N7O3/c1-2-23-22(30)28-19-7-6-18-21(26-19)27-20(15-24-18)25-16-4-3-5-17(14-16)32-13-10-29-8-11-31-12-9-29/h3-7,14-15H,2,8-13H2,1H3,(H3,23,25,26,27,28,30). The smallest absolute Gasteiger partial charge is 0.320 e. The summed E-state index contributed by atoms with van der Waals surface area (Å²) in [5.41, 5.74) is 1.90. The van der Waals surface area contributed by atoms with Gasteiger partial charge in [-0.05, 0) is 31.2 Å². The van der Waals surface area contributed by atoms with Crippen LogP contribution in [-0.2, 0) is 4.74 Å². The number of nitrogens with zero attached hydrogens (tertiary/aromatic N) is 4. The summed E-state index contributed by atoms with van der Waals surface area (Å²) in [4.78, 5) is 27.3. The summed E-state index contributed by atoms with van der Waals surface area (Å²) in [6, 6.07) is 10.9. The normalized spacial score (nSPS) is 14.2. The quantitative estimate of drug-likeness (QED) is 0.493. The number of carbonyl (C=O) groups is 1. The summed E-state index contributed by atoms with van der Waals surface area (Å²) in [6.07, 6.45) is 1.65. The Morgan fingerprint density at radius 1 is 1.16 bits per heavy atom. The number of hydrogen-bond acceptors (Lipinski definition) is 8. The molecule has 2 aromatic heterocycles. The Hall–Kier alpha value is -3.50. The molecule has 4 rings (SSSR count). The maximum absolute atomic E-state index is 11.7. The fourth-order valence-electron chi connectivity index (χ4n) is 3.28. The Bertz CT molecular complexity index is 1060. The van der Waals surface area contributed by atoms with Crippen LogP contribution < -0.4 is 20.7 Å². The van der Waals surface area contributed by atoms with Gasteiger partial charge in [-0.2, -0.15) is 0 Å². The van der Waals surface area contributed by atoms with E-state index in [0.717, 1.165) is 44.3 Å². The molecule has 1 saturated heterocycles. The molecule has 1 fully saturated rings. The van der Waals surface area contributed by atoms with E-state index in [1.54, 1.807) is 18.3 Å². The highest BCUT2D eigenvalue weighted by Crippen LogP contribution is 2.21. The minimum atomic E-state index is -0.313. The third-order valence-electron chi connectivity index (χ3n) is 4.87. The van der Waals surface area contributed by atoms with E-state index >= 15 is 0 Å². The molecule has 1 aliphatic heterocycles. The summed E-state index contributed by atoms with van der Waals surface area (Å²) in [6.45, 7) is 7.32. The van der Waals surface area contributed by atoms with Crippen molar-refractivity contribution in [3.05, 3.63) is 42.6 Å². The van der Waals surface area contributed by atoms with Gasteiger partial charge in [0.05, 0.1) is 19.4 Å². The number of benzene rings is 1. The van der Waals surface area contributed by atoms with Crippen molar-refractivity contribution in [3.63, 3.8) is 0 Å². The molecule has 0 radical (unpaired) electrons. The highest BCUT2D eigenvalue weighted by atomic mass is 16.5. The predicted molar refractivity (Wildman–Crippen MR) is 123 cm³/mol. The van der Waals surface area contributed by atoms with Crippen molar-refractivity contribution in [1.29, 1.82) is 0 Å². The zero-order valence-corrected chi connectivity index (χ0v) is 18.0. The van der Waals surface area contributed by atoms with Crippen LogP contribution in [0.25, 0.3) is 11.2 Å². The lowest BCUT2D eigenvalue weighted by Crippen LogP contribution is -2.38. The SMILES string of the molecule is CCNC(=O)Nc1ccc2ncc(Nc3cccc(OCCN4CCOCC4)c3)nc2n1. The van der Waals surface area contributed by atoms with E-state index in [2.05, 4.69) is 35.8 Å². The highest BCUT2D eigenvalue weighted by Gasteiger charge is 2.10. The van der Waals surface area contributed by atoms with E-state index in [4.69, 9.17) is 9.47 Å². The van der Waals surface area contributed by atoms with E-state index in [1.807, 2.05) is 31.2 Å². The van der Waals surface area contributed by atoms with E-state index in [0.29, 0.717) is 36.0 Å². The average molecular weight is 438 g/mol. The lowest BCUT2D eigenvalue weighted by Gasteiger charge is -2.26. The van der Waals surface area contributed by atoms with Crippen molar-refractivity contribution in [2.24, 2.45) is 0 Å². The van der Waals surface area contributed by atoms with Gasteiger partial charge in [-0.15, -0.1) is 0 Å². The Morgan fingerprint density at radius 2 is 2.00 bits per heavy atom. The molecule has 0 unspecified atom stereocenters. The van der Waals surface area contributed by atoms with Gasteiger partial charge >= 0.3 is 6.03 Å². The van der Waals surface area contributed by atoms with Crippen molar-refractivity contribution < 1.29 is 14.3 Å². The molecule has 3 aromatic rings. The van der Waals surface area contributed by atoms with Crippen molar-refractivity contribution in [1.82, 2.24) is 25.2 Å². The first-order valence-electron chi connectivity index (χ1n) is 10.7. The van der Waals surface area contributed by atoms with Gasteiger partial charge < -0.3 is 20.1 Å². The molecule has 32 heavy (non-hydrogen) atoms. The van der Waals surface area contributed by atoms with E-state index in [9.17, 15) is 4.79 Å². The zero-order valence-electron chi connectivity index (χ0n) is 18.0. The lowest BCUT2D eigenvalue weighted by atomic mass is 10.3. The monoisotopic (exact) mass is 437 g/mol. The minimum Gasteiger partial charge on any atom is -0.492 e. The molecule has 0 atom stereocenters. The van der Waals surface area contributed by atoms with Crippen LogP contribution >= 0.6 is 0 Å². The fourth-order valence-corrected chi connectivity index (χ4v) is 3.28. The van der Waals surface area contributed by atoms with Crippen LogP contribution in [0.2, 0.25) is 0 Å². The van der Waals surface area contributed by atoms with E-state index in [1.165, 1.54) is 0 Å². The number of urea groups is 1. The molecule has 0 spiro atoms. The summed E-state index contributed by atoms with van der Waals surface area (Å²) in [5.74, 6) is 1.74. The van der Waals surface area contributed by atoms with Gasteiger partial charge in [0, 0.05) is 37.9 Å². The number of rotatable bonds is 8. The van der Waals surface area contributed by atoms with E-state index in [-0.39, 0.29) is 6.03 Å². The first kappa shape index (κ1) is 21.7. The Kier molecular flexibility index (Phi) is 7.26. The van der Waals surface area contributed by atoms with Crippen LogP contribution in [0.5, 0.6) is 5.75 Å².